The molecule has 1 fully saturated rings. The maximum Gasteiger partial charge on any atom is 0.111 e. The van der Waals surface area contributed by atoms with Crippen molar-refractivity contribution < 1.29 is 20.1 Å². The van der Waals surface area contributed by atoms with Crippen molar-refractivity contribution in [3.8, 4) is 0 Å². The predicted molar refractivity (Wildman–Crippen MR) is 46.0 cm³/mol. The first-order valence-electron chi connectivity index (χ1n) is 4.51. The Morgan fingerprint density at radius 1 is 1.08 bits per heavy atom. The van der Waals surface area contributed by atoms with Crippen LogP contribution in [0.5, 0.6) is 0 Å². The van der Waals surface area contributed by atoms with E-state index in [1.807, 2.05) is 6.92 Å². The summed E-state index contributed by atoms with van der Waals surface area (Å²) in [5.41, 5.74) is 5.34. The third-order valence-corrected chi connectivity index (χ3v) is 2.45. The van der Waals surface area contributed by atoms with E-state index in [1.54, 1.807) is 0 Å². The molecule has 0 saturated carbocycles. The van der Waals surface area contributed by atoms with Crippen molar-refractivity contribution >= 4 is 0 Å². The highest BCUT2D eigenvalue weighted by Crippen LogP contribution is 2.22. The second-order valence-electron chi connectivity index (χ2n) is 3.33. The van der Waals surface area contributed by atoms with Gasteiger partial charge in [-0.15, -0.1) is 0 Å². The van der Waals surface area contributed by atoms with Crippen molar-refractivity contribution in [3.05, 3.63) is 0 Å². The molecule has 1 heterocycles. The molecule has 1 rings (SSSR count). The Kier molecular flexibility index (Phi) is 3.63. The molecular weight excluding hydrogens is 174 g/mol. The fraction of sp³-hybridized carbons (Fsp3) is 1.00. The number of aliphatic hydroxyl groups is 3. The number of ether oxygens (including phenoxy) is 1. The van der Waals surface area contributed by atoms with Crippen LogP contribution < -0.4 is 5.73 Å². The normalized spacial score (nSPS) is 46.4. The molecule has 0 aromatic carbocycles. The highest BCUT2D eigenvalue weighted by molar-refractivity contribution is 4.91. The molecule has 5 N–H and O–H groups in total. The lowest BCUT2D eigenvalue weighted by Crippen LogP contribution is -2.59. The van der Waals surface area contributed by atoms with E-state index in [-0.39, 0.29) is 6.54 Å². The molecule has 0 aliphatic carbocycles. The SMILES string of the molecule is CCC1OC(CN)C(O)C(O)C1O. The van der Waals surface area contributed by atoms with Gasteiger partial charge in [-0.2, -0.15) is 0 Å². The monoisotopic (exact) mass is 191 g/mol. The average molecular weight is 191 g/mol. The molecule has 1 saturated heterocycles. The summed E-state index contributed by atoms with van der Waals surface area (Å²) in [5.74, 6) is 0. The van der Waals surface area contributed by atoms with Crippen molar-refractivity contribution in [2.75, 3.05) is 6.54 Å². The summed E-state index contributed by atoms with van der Waals surface area (Å²) in [6.07, 6.45) is -3.71. The molecule has 0 amide bonds. The van der Waals surface area contributed by atoms with E-state index >= 15 is 0 Å². The van der Waals surface area contributed by atoms with Crippen LogP contribution >= 0.6 is 0 Å². The van der Waals surface area contributed by atoms with Gasteiger partial charge in [0.25, 0.3) is 0 Å². The Morgan fingerprint density at radius 2 is 1.62 bits per heavy atom. The standard InChI is InChI=1S/C8H17NO4/c1-2-4-6(10)8(12)7(11)5(3-9)13-4/h4-8,10-12H,2-3,9H2,1H3. The van der Waals surface area contributed by atoms with Crippen LogP contribution in [0.4, 0.5) is 0 Å². The Balaban J connectivity index is 2.66. The number of aliphatic hydroxyl groups excluding tert-OH is 3. The summed E-state index contributed by atoms with van der Waals surface area (Å²) < 4.78 is 5.29. The second-order valence-corrected chi connectivity index (χ2v) is 3.33. The summed E-state index contributed by atoms with van der Waals surface area (Å²) in [7, 11) is 0. The minimum Gasteiger partial charge on any atom is -0.388 e. The van der Waals surface area contributed by atoms with Crippen LogP contribution in [0, 0.1) is 0 Å². The maximum absolute atomic E-state index is 9.45. The molecule has 5 unspecified atom stereocenters. The van der Waals surface area contributed by atoms with E-state index < -0.39 is 30.5 Å². The molecule has 0 radical (unpaired) electrons. The van der Waals surface area contributed by atoms with Crippen LogP contribution in [-0.4, -0.2) is 52.4 Å². The zero-order chi connectivity index (χ0) is 10.0. The number of hydrogen-bond acceptors (Lipinski definition) is 5. The van der Waals surface area contributed by atoms with E-state index in [4.69, 9.17) is 10.5 Å². The lowest BCUT2D eigenvalue weighted by Gasteiger charge is -2.40. The van der Waals surface area contributed by atoms with Gasteiger partial charge in [-0.05, 0) is 6.42 Å². The van der Waals surface area contributed by atoms with Crippen LogP contribution in [0.15, 0.2) is 0 Å². The van der Waals surface area contributed by atoms with Gasteiger partial charge in [0.15, 0.2) is 0 Å². The van der Waals surface area contributed by atoms with Crippen LogP contribution in [-0.2, 0) is 4.74 Å². The first kappa shape index (κ1) is 10.9. The number of nitrogens with two attached hydrogens (primary N) is 1. The summed E-state index contributed by atoms with van der Waals surface area (Å²) >= 11 is 0. The third kappa shape index (κ3) is 2.00. The second kappa shape index (κ2) is 4.34. The molecule has 5 nitrogen and oxygen atoms in total. The first-order valence-corrected chi connectivity index (χ1v) is 4.51. The Labute approximate surface area is 77.1 Å². The number of hydrogen-bond donors (Lipinski definition) is 4. The molecule has 0 aromatic heterocycles. The first-order chi connectivity index (χ1) is 6.11. The van der Waals surface area contributed by atoms with Crippen molar-refractivity contribution in [3.63, 3.8) is 0 Å². The lowest BCUT2D eigenvalue weighted by molar-refractivity contribution is -0.219. The Bertz CT molecular complexity index is 146. The zero-order valence-electron chi connectivity index (χ0n) is 7.63. The Hall–Kier alpha value is -0.200. The van der Waals surface area contributed by atoms with Gasteiger partial charge in [-0.3, -0.25) is 0 Å². The average Bonchev–Trinajstić information content (AvgIpc) is 2.15. The van der Waals surface area contributed by atoms with E-state index in [0.29, 0.717) is 6.42 Å². The molecule has 0 bridgehead atoms. The topological polar surface area (TPSA) is 95.9 Å². The molecule has 5 heteroatoms. The van der Waals surface area contributed by atoms with Crippen LogP contribution in [0.1, 0.15) is 13.3 Å². The minimum atomic E-state index is -1.16. The fourth-order valence-electron chi connectivity index (χ4n) is 1.56. The van der Waals surface area contributed by atoms with E-state index in [2.05, 4.69) is 0 Å². The van der Waals surface area contributed by atoms with E-state index in [1.165, 1.54) is 0 Å². The molecule has 1 aliphatic rings. The maximum atomic E-state index is 9.45. The molecule has 1 aliphatic heterocycles. The highest BCUT2D eigenvalue weighted by atomic mass is 16.5. The lowest BCUT2D eigenvalue weighted by atomic mass is 9.94. The fourth-order valence-corrected chi connectivity index (χ4v) is 1.56. The molecule has 78 valence electrons. The Morgan fingerprint density at radius 3 is 2.08 bits per heavy atom. The van der Waals surface area contributed by atoms with Crippen LogP contribution in [0.2, 0.25) is 0 Å². The van der Waals surface area contributed by atoms with E-state index in [9.17, 15) is 15.3 Å². The van der Waals surface area contributed by atoms with Crippen molar-refractivity contribution in [2.24, 2.45) is 5.73 Å². The van der Waals surface area contributed by atoms with Crippen LogP contribution in [0.3, 0.4) is 0 Å². The number of rotatable bonds is 2. The summed E-state index contributed by atoms with van der Waals surface area (Å²) in [4.78, 5) is 0. The molecule has 0 spiro atoms. The van der Waals surface area contributed by atoms with Crippen LogP contribution in [0.25, 0.3) is 0 Å². The predicted octanol–water partition coefficient (Wildman–Crippen LogP) is -1.79. The van der Waals surface area contributed by atoms with E-state index in [0.717, 1.165) is 0 Å². The quantitative estimate of drug-likeness (QED) is 0.413. The smallest absolute Gasteiger partial charge is 0.111 e. The minimum absolute atomic E-state index is 0.140. The molecular formula is C8H17NO4. The third-order valence-electron chi connectivity index (χ3n) is 2.45. The molecule has 0 aromatic rings. The van der Waals surface area contributed by atoms with Gasteiger partial charge >= 0.3 is 0 Å². The van der Waals surface area contributed by atoms with Crippen molar-refractivity contribution in [1.29, 1.82) is 0 Å². The van der Waals surface area contributed by atoms with Gasteiger partial charge in [0.05, 0.1) is 12.2 Å². The molecule has 5 atom stereocenters. The van der Waals surface area contributed by atoms with Gasteiger partial charge in [-0.1, -0.05) is 6.92 Å². The zero-order valence-corrected chi connectivity index (χ0v) is 7.63. The van der Waals surface area contributed by atoms with Gasteiger partial charge < -0.3 is 25.8 Å². The summed E-state index contributed by atoms with van der Waals surface area (Å²) in [6.45, 7) is 1.98. The van der Waals surface area contributed by atoms with Crippen molar-refractivity contribution in [1.82, 2.24) is 0 Å². The largest absolute Gasteiger partial charge is 0.388 e. The van der Waals surface area contributed by atoms with Gasteiger partial charge in [0.1, 0.15) is 18.3 Å². The van der Waals surface area contributed by atoms with Gasteiger partial charge in [0.2, 0.25) is 0 Å². The van der Waals surface area contributed by atoms with Gasteiger partial charge in [0, 0.05) is 6.54 Å². The highest BCUT2D eigenvalue weighted by Gasteiger charge is 2.41. The van der Waals surface area contributed by atoms with Gasteiger partial charge in [-0.25, -0.2) is 0 Å². The summed E-state index contributed by atoms with van der Waals surface area (Å²) in [5, 5.41) is 28.3. The molecule has 13 heavy (non-hydrogen) atoms. The van der Waals surface area contributed by atoms with Crippen molar-refractivity contribution in [2.45, 2.75) is 43.9 Å². The summed E-state index contributed by atoms with van der Waals surface area (Å²) in [6, 6.07) is 0.